The Hall–Kier alpha value is -1.52. The molecule has 1 aliphatic heterocycles. The Balaban J connectivity index is 1.74. The molecule has 1 atom stereocenters. The maximum Gasteiger partial charge on any atom is 0.266 e. The highest BCUT2D eigenvalue weighted by Gasteiger charge is 2.40. The van der Waals surface area contributed by atoms with Gasteiger partial charge in [0.25, 0.3) is 15.9 Å². The van der Waals surface area contributed by atoms with Crippen molar-refractivity contribution in [3.63, 3.8) is 0 Å². The largest absolute Gasteiger partial charge is 0.316 e. The SMILES string of the molecule is CCc1cccc2sc(=NC(=O)C3CCCN3S(=O)(=O)c3ccc(Cl)s3)n(CC)c12. The number of fused-ring (bicyclic) bond motifs is 1. The minimum absolute atomic E-state index is 0.158. The van der Waals surface area contributed by atoms with E-state index in [1.165, 1.54) is 27.3 Å². The predicted molar refractivity (Wildman–Crippen MR) is 122 cm³/mol. The van der Waals surface area contributed by atoms with Crippen molar-refractivity contribution in [2.75, 3.05) is 6.54 Å². The molecule has 1 amide bonds. The van der Waals surface area contributed by atoms with Crippen molar-refractivity contribution in [2.24, 2.45) is 4.99 Å². The number of aromatic nitrogens is 1. The lowest BCUT2D eigenvalue weighted by molar-refractivity contribution is -0.121. The van der Waals surface area contributed by atoms with E-state index in [4.69, 9.17) is 11.6 Å². The third-order valence-electron chi connectivity index (χ3n) is 5.29. The van der Waals surface area contributed by atoms with Crippen LogP contribution in [0.3, 0.4) is 0 Å². The fourth-order valence-corrected chi connectivity index (χ4v) is 8.27. The topological polar surface area (TPSA) is 71.7 Å². The van der Waals surface area contributed by atoms with Gasteiger partial charge in [0, 0.05) is 13.1 Å². The van der Waals surface area contributed by atoms with Gasteiger partial charge in [-0.05, 0) is 49.9 Å². The molecular weight excluding hydrogens is 462 g/mol. The Labute approximate surface area is 188 Å². The predicted octanol–water partition coefficient (Wildman–Crippen LogP) is 4.28. The summed E-state index contributed by atoms with van der Waals surface area (Å²) < 4.78 is 31.1. The van der Waals surface area contributed by atoms with Crippen LogP contribution >= 0.6 is 34.3 Å². The van der Waals surface area contributed by atoms with Gasteiger partial charge in [-0.15, -0.1) is 11.3 Å². The number of benzene rings is 1. The number of nitrogens with zero attached hydrogens (tertiary/aromatic N) is 3. The normalized spacial score (nSPS) is 18.5. The second-order valence-corrected chi connectivity index (χ2v) is 11.9. The van der Waals surface area contributed by atoms with Crippen LogP contribution in [0.4, 0.5) is 0 Å². The van der Waals surface area contributed by atoms with Gasteiger partial charge < -0.3 is 4.57 Å². The van der Waals surface area contributed by atoms with Crippen molar-refractivity contribution < 1.29 is 13.2 Å². The van der Waals surface area contributed by atoms with Crippen molar-refractivity contribution in [3.05, 3.63) is 45.0 Å². The lowest BCUT2D eigenvalue weighted by Gasteiger charge is -2.20. The summed E-state index contributed by atoms with van der Waals surface area (Å²) in [6.07, 6.45) is 1.99. The molecule has 1 aromatic carbocycles. The number of thiazole rings is 1. The van der Waals surface area contributed by atoms with Crippen LogP contribution in [0.1, 0.15) is 32.3 Å². The molecular formula is C20H22ClN3O3S3. The van der Waals surface area contributed by atoms with Crippen molar-refractivity contribution in [2.45, 2.75) is 49.9 Å². The van der Waals surface area contributed by atoms with Crippen molar-refractivity contribution in [1.29, 1.82) is 0 Å². The molecule has 0 aliphatic carbocycles. The molecule has 1 aliphatic rings. The van der Waals surface area contributed by atoms with Gasteiger partial charge in [-0.3, -0.25) is 4.79 Å². The van der Waals surface area contributed by atoms with Crippen LogP contribution in [0.15, 0.2) is 39.5 Å². The van der Waals surface area contributed by atoms with Gasteiger partial charge in [0.15, 0.2) is 4.80 Å². The zero-order valence-corrected chi connectivity index (χ0v) is 19.9. The first kappa shape index (κ1) is 21.7. The number of hydrogen-bond acceptors (Lipinski definition) is 5. The van der Waals surface area contributed by atoms with Crippen LogP contribution in [-0.2, 0) is 27.8 Å². The molecule has 0 spiro atoms. The molecule has 2 aromatic heterocycles. The average molecular weight is 484 g/mol. The summed E-state index contributed by atoms with van der Waals surface area (Å²) in [5.41, 5.74) is 2.31. The van der Waals surface area contributed by atoms with E-state index in [2.05, 4.69) is 18.0 Å². The van der Waals surface area contributed by atoms with Crippen molar-refractivity contribution >= 4 is 60.4 Å². The molecule has 0 N–H and O–H groups in total. The summed E-state index contributed by atoms with van der Waals surface area (Å²) in [7, 11) is -3.77. The number of amides is 1. The molecule has 10 heteroatoms. The van der Waals surface area contributed by atoms with Crippen LogP contribution in [-0.4, -0.2) is 35.8 Å². The number of halogens is 1. The summed E-state index contributed by atoms with van der Waals surface area (Å²) in [4.78, 5) is 18.1. The number of sulfonamides is 1. The number of hydrogen-bond donors (Lipinski definition) is 0. The monoisotopic (exact) mass is 483 g/mol. The highest BCUT2D eigenvalue weighted by molar-refractivity contribution is 7.91. The van der Waals surface area contributed by atoms with Crippen LogP contribution in [0.25, 0.3) is 10.2 Å². The fraction of sp³-hybridized carbons (Fsp3) is 0.400. The second-order valence-electron chi connectivity index (χ2n) is 7.03. The van der Waals surface area contributed by atoms with Gasteiger partial charge in [-0.1, -0.05) is 42.0 Å². The molecule has 1 saturated heterocycles. The number of thiophene rings is 1. The number of aryl methyl sites for hydroxylation is 2. The van der Waals surface area contributed by atoms with E-state index in [-0.39, 0.29) is 4.21 Å². The zero-order valence-electron chi connectivity index (χ0n) is 16.7. The molecule has 30 heavy (non-hydrogen) atoms. The number of para-hydroxylation sites is 1. The standard InChI is InChI=1S/C20H22ClN3O3S3/c1-3-13-7-5-9-15-18(13)23(4-2)20(28-15)22-19(25)14-8-6-12-24(14)30(26,27)17-11-10-16(21)29-17/h5,7,9-11,14H,3-4,6,8,12H2,1-2H3. The quantitative estimate of drug-likeness (QED) is 0.543. The van der Waals surface area contributed by atoms with E-state index in [1.807, 2.05) is 23.6 Å². The van der Waals surface area contributed by atoms with E-state index in [0.717, 1.165) is 28.0 Å². The molecule has 4 rings (SSSR count). The van der Waals surface area contributed by atoms with E-state index < -0.39 is 22.0 Å². The molecule has 1 unspecified atom stereocenters. The molecule has 6 nitrogen and oxygen atoms in total. The third-order valence-corrected chi connectivity index (χ3v) is 9.94. The Kier molecular flexibility index (Phi) is 6.18. The van der Waals surface area contributed by atoms with Crippen LogP contribution < -0.4 is 4.80 Å². The molecule has 0 radical (unpaired) electrons. The van der Waals surface area contributed by atoms with Gasteiger partial charge in [0.2, 0.25) is 0 Å². The van der Waals surface area contributed by atoms with Gasteiger partial charge >= 0.3 is 0 Å². The lowest BCUT2D eigenvalue weighted by atomic mass is 10.1. The van der Waals surface area contributed by atoms with E-state index in [1.54, 1.807) is 6.07 Å². The smallest absolute Gasteiger partial charge is 0.266 e. The first-order valence-corrected chi connectivity index (χ1v) is 13.3. The maximum absolute atomic E-state index is 13.1. The molecule has 3 aromatic rings. The minimum Gasteiger partial charge on any atom is -0.316 e. The third kappa shape index (κ3) is 3.78. The van der Waals surface area contributed by atoms with Crippen LogP contribution in [0, 0.1) is 0 Å². The van der Waals surface area contributed by atoms with Gasteiger partial charge in [0.05, 0.1) is 14.6 Å². The van der Waals surface area contributed by atoms with Gasteiger partial charge in [0.1, 0.15) is 10.3 Å². The molecule has 160 valence electrons. The summed E-state index contributed by atoms with van der Waals surface area (Å²) in [5.74, 6) is -0.412. The van der Waals surface area contributed by atoms with Crippen LogP contribution in [0.5, 0.6) is 0 Å². The Morgan fingerprint density at radius 1 is 1.23 bits per heavy atom. The van der Waals surface area contributed by atoms with E-state index in [9.17, 15) is 13.2 Å². The summed E-state index contributed by atoms with van der Waals surface area (Å²) in [6, 6.07) is 8.40. The Morgan fingerprint density at radius 2 is 2.03 bits per heavy atom. The average Bonchev–Trinajstić information content (AvgIpc) is 3.45. The first-order valence-electron chi connectivity index (χ1n) is 9.83. The van der Waals surface area contributed by atoms with Crippen LogP contribution in [0.2, 0.25) is 4.34 Å². The Bertz CT molecular complexity index is 1270. The molecule has 0 saturated carbocycles. The molecule has 1 fully saturated rings. The van der Waals surface area contributed by atoms with E-state index >= 15 is 0 Å². The summed E-state index contributed by atoms with van der Waals surface area (Å²) >= 11 is 8.39. The van der Waals surface area contributed by atoms with Gasteiger partial charge in [-0.2, -0.15) is 9.30 Å². The highest BCUT2D eigenvalue weighted by atomic mass is 35.5. The summed E-state index contributed by atoms with van der Waals surface area (Å²) in [5, 5.41) is 0. The second kappa shape index (κ2) is 8.55. The first-order chi connectivity index (χ1) is 14.4. The van der Waals surface area contributed by atoms with Crippen molar-refractivity contribution in [3.8, 4) is 0 Å². The lowest BCUT2D eigenvalue weighted by Crippen LogP contribution is -2.40. The maximum atomic E-state index is 13.1. The van der Waals surface area contributed by atoms with Crippen molar-refractivity contribution in [1.82, 2.24) is 8.87 Å². The molecule has 3 heterocycles. The number of carbonyl (C=O) groups is 1. The number of rotatable bonds is 5. The van der Waals surface area contributed by atoms with Gasteiger partial charge in [-0.25, -0.2) is 8.42 Å². The minimum atomic E-state index is -3.77. The highest BCUT2D eigenvalue weighted by Crippen LogP contribution is 2.32. The Morgan fingerprint density at radius 3 is 2.70 bits per heavy atom. The summed E-state index contributed by atoms with van der Waals surface area (Å²) in [6.45, 7) is 5.12. The zero-order chi connectivity index (χ0) is 21.5. The number of carbonyl (C=O) groups excluding carboxylic acids is 1. The molecule has 0 bridgehead atoms. The fourth-order valence-electron chi connectivity index (χ4n) is 3.86. The van der Waals surface area contributed by atoms with E-state index in [0.29, 0.717) is 35.1 Å².